The first-order chi connectivity index (χ1) is 10.6. The van der Waals surface area contributed by atoms with Gasteiger partial charge in [-0.25, -0.2) is 4.98 Å². The second-order valence-electron chi connectivity index (χ2n) is 5.01. The maximum absolute atomic E-state index is 12.0. The van der Waals surface area contributed by atoms with Gasteiger partial charge in [0, 0.05) is 23.2 Å². The van der Waals surface area contributed by atoms with Gasteiger partial charge >= 0.3 is 0 Å². The largest absolute Gasteiger partial charge is 0.444 e. The number of aliphatic hydroxyl groups is 1. The number of amides is 1. The van der Waals surface area contributed by atoms with Gasteiger partial charge in [0.2, 0.25) is 11.8 Å². The van der Waals surface area contributed by atoms with Crippen LogP contribution in [0.25, 0.3) is 11.5 Å². The van der Waals surface area contributed by atoms with E-state index in [0.29, 0.717) is 23.0 Å². The molecule has 1 heterocycles. The second kappa shape index (κ2) is 7.96. The van der Waals surface area contributed by atoms with E-state index >= 15 is 0 Å². The minimum absolute atomic E-state index is 0.0138. The first-order valence-electron chi connectivity index (χ1n) is 7.23. The number of nitrogens with zero attached hydrogens (tertiary/aromatic N) is 1. The van der Waals surface area contributed by atoms with Gasteiger partial charge in [0.05, 0.1) is 12.1 Å². The number of halogens is 1. The highest BCUT2D eigenvalue weighted by Crippen LogP contribution is 2.21. The molecule has 0 radical (unpaired) electrons. The molecular formula is C16H19ClN2O3. The molecule has 1 aromatic heterocycles. The number of aromatic nitrogens is 1. The molecule has 0 aliphatic rings. The van der Waals surface area contributed by atoms with Crippen molar-refractivity contribution in [3.05, 3.63) is 41.2 Å². The maximum Gasteiger partial charge on any atom is 0.226 e. The monoisotopic (exact) mass is 322 g/mol. The Labute approximate surface area is 134 Å². The Balaban J connectivity index is 1.97. The number of aliphatic hydroxyl groups excluding tert-OH is 1. The molecule has 0 aliphatic heterocycles. The molecule has 1 unspecified atom stereocenters. The van der Waals surface area contributed by atoms with E-state index in [4.69, 9.17) is 21.1 Å². The maximum atomic E-state index is 12.0. The van der Waals surface area contributed by atoms with Crippen molar-refractivity contribution in [1.29, 1.82) is 0 Å². The van der Waals surface area contributed by atoms with Crippen LogP contribution in [0.15, 0.2) is 34.9 Å². The van der Waals surface area contributed by atoms with Gasteiger partial charge in [-0.05, 0) is 37.1 Å². The van der Waals surface area contributed by atoms with E-state index in [0.717, 1.165) is 12.0 Å². The number of rotatable bonds is 7. The van der Waals surface area contributed by atoms with Crippen LogP contribution in [0.2, 0.25) is 5.02 Å². The summed E-state index contributed by atoms with van der Waals surface area (Å²) in [6.07, 6.45) is 2.97. The number of nitrogens with one attached hydrogen (secondary N) is 1. The van der Waals surface area contributed by atoms with Crippen LogP contribution in [0.1, 0.15) is 25.5 Å². The molecular weight excluding hydrogens is 304 g/mol. The van der Waals surface area contributed by atoms with Crippen LogP contribution < -0.4 is 5.32 Å². The van der Waals surface area contributed by atoms with Crippen molar-refractivity contribution in [3.8, 4) is 11.5 Å². The quantitative estimate of drug-likeness (QED) is 0.822. The van der Waals surface area contributed by atoms with Gasteiger partial charge in [-0.2, -0.15) is 0 Å². The standard InChI is InChI=1S/C16H19ClN2O3/c1-2-13(7-8-20)18-15(21)9-14-10-22-16(19-14)11-3-5-12(17)6-4-11/h3-6,10,13,20H,2,7-9H2,1H3,(H,18,21). The van der Waals surface area contributed by atoms with E-state index in [2.05, 4.69) is 10.3 Å². The first kappa shape index (κ1) is 16.5. The molecule has 0 fully saturated rings. The number of carbonyl (C=O) groups excluding carboxylic acids is 1. The zero-order valence-corrected chi connectivity index (χ0v) is 13.1. The number of hydrogen-bond donors (Lipinski definition) is 2. The molecule has 5 nitrogen and oxygen atoms in total. The average molecular weight is 323 g/mol. The number of benzene rings is 1. The van der Waals surface area contributed by atoms with Crippen molar-refractivity contribution in [2.24, 2.45) is 0 Å². The number of oxazole rings is 1. The van der Waals surface area contributed by atoms with E-state index < -0.39 is 0 Å². The molecule has 2 N–H and O–H groups in total. The zero-order chi connectivity index (χ0) is 15.9. The lowest BCUT2D eigenvalue weighted by Gasteiger charge is -2.14. The summed E-state index contributed by atoms with van der Waals surface area (Å²) >= 11 is 5.84. The molecule has 1 atom stereocenters. The van der Waals surface area contributed by atoms with Crippen molar-refractivity contribution in [2.45, 2.75) is 32.2 Å². The fourth-order valence-corrected chi connectivity index (χ4v) is 2.22. The van der Waals surface area contributed by atoms with Crippen molar-refractivity contribution in [3.63, 3.8) is 0 Å². The molecule has 0 spiro atoms. The van der Waals surface area contributed by atoms with Crippen molar-refractivity contribution >= 4 is 17.5 Å². The number of hydrogen-bond acceptors (Lipinski definition) is 4. The Kier molecular flexibility index (Phi) is 5.98. The Morgan fingerprint density at radius 3 is 2.77 bits per heavy atom. The molecule has 0 bridgehead atoms. The Hall–Kier alpha value is -1.85. The summed E-state index contributed by atoms with van der Waals surface area (Å²) in [7, 11) is 0. The molecule has 1 aromatic carbocycles. The van der Waals surface area contributed by atoms with Crippen LogP contribution in [0.4, 0.5) is 0 Å². The average Bonchev–Trinajstić information content (AvgIpc) is 2.95. The van der Waals surface area contributed by atoms with Crippen molar-refractivity contribution < 1.29 is 14.3 Å². The summed E-state index contributed by atoms with van der Waals surface area (Å²) < 4.78 is 5.40. The van der Waals surface area contributed by atoms with Crippen LogP contribution in [-0.2, 0) is 11.2 Å². The normalized spacial score (nSPS) is 12.1. The summed E-state index contributed by atoms with van der Waals surface area (Å²) in [4.78, 5) is 16.3. The minimum atomic E-state index is -0.128. The van der Waals surface area contributed by atoms with Gasteiger partial charge < -0.3 is 14.8 Å². The fourth-order valence-electron chi connectivity index (χ4n) is 2.09. The lowest BCUT2D eigenvalue weighted by atomic mass is 10.1. The summed E-state index contributed by atoms with van der Waals surface area (Å²) in [5.41, 5.74) is 1.38. The number of carbonyl (C=O) groups is 1. The van der Waals surface area contributed by atoms with Crippen LogP contribution in [0.3, 0.4) is 0 Å². The molecule has 0 aliphatic carbocycles. The van der Waals surface area contributed by atoms with Gasteiger partial charge in [-0.3, -0.25) is 4.79 Å². The van der Waals surface area contributed by atoms with Gasteiger partial charge in [0.25, 0.3) is 0 Å². The van der Waals surface area contributed by atoms with Crippen LogP contribution in [-0.4, -0.2) is 28.6 Å². The molecule has 22 heavy (non-hydrogen) atoms. The fraction of sp³-hybridized carbons (Fsp3) is 0.375. The highest BCUT2D eigenvalue weighted by atomic mass is 35.5. The van der Waals surface area contributed by atoms with Gasteiger partial charge in [-0.15, -0.1) is 0 Å². The van der Waals surface area contributed by atoms with Gasteiger partial charge in [-0.1, -0.05) is 18.5 Å². The predicted octanol–water partition coefficient (Wildman–Crippen LogP) is 2.81. The molecule has 2 rings (SSSR count). The smallest absolute Gasteiger partial charge is 0.226 e. The van der Waals surface area contributed by atoms with E-state index in [1.807, 2.05) is 19.1 Å². The van der Waals surface area contributed by atoms with Gasteiger partial charge in [0.15, 0.2) is 0 Å². The highest BCUT2D eigenvalue weighted by molar-refractivity contribution is 6.30. The third-order valence-corrected chi connectivity index (χ3v) is 3.57. The molecule has 0 saturated carbocycles. The molecule has 6 heteroatoms. The van der Waals surface area contributed by atoms with Crippen molar-refractivity contribution in [2.75, 3.05) is 6.61 Å². The molecule has 118 valence electrons. The van der Waals surface area contributed by atoms with E-state index in [-0.39, 0.29) is 25.0 Å². The minimum Gasteiger partial charge on any atom is -0.444 e. The summed E-state index contributed by atoms with van der Waals surface area (Å²) in [6, 6.07) is 7.13. The van der Waals surface area contributed by atoms with Crippen LogP contribution >= 0.6 is 11.6 Å². The molecule has 1 amide bonds. The van der Waals surface area contributed by atoms with Crippen LogP contribution in [0, 0.1) is 0 Å². The van der Waals surface area contributed by atoms with Gasteiger partial charge in [0.1, 0.15) is 6.26 Å². The summed E-state index contributed by atoms with van der Waals surface area (Å²) in [5, 5.41) is 12.4. The van der Waals surface area contributed by atoms with E-state index in [1.54, 1.807) is 12.1 Å². The Bertz CT molecular complexity index is 610. The third-order valence-electron chi connectivity index (χ3n) is 3.32. The Morgan fingerprint density at radius 1 is 1.41 bits per heavy atom. The van der Waals surface area contributed by atoms with Crippen molar-refractivity contribution in [1.82, 2.24) is 10.3 Å². The van der Waals surface area contributed by atoms with E-state index in [9.17, 15) is 4.79 Å². The Morgan fingerprint density at radius 2 is 2.14 bits per heavy atom. The van der Waals surface area contributed by atoms with Crippen LogP contribution in [0.5, 0.6) is 0 Å². The predicted molar refractivity (Wildman–Crippen MR) is 84.6 cm³/mol. The first-order valence-corrected chi connectivity index (χ1v) is 7.60. The topological polar surface area (TPSA) is 75.4 Å². The SMILES string of the molecule is CCC(CCO)NC(=O)Cc1coc(-c2ccc(Cl)cc2)n1. The third kappa shape index (κ3) is 4.58. The summed E-state index contributed by atoms with van der Waals surface area (Å²) in [5.74, 6) is 0.332. The molecule has 0 saturated heterocycles. The lowest BCUT2D eigenvalue weighted by Crippen LogP contribution is -2.36. The zero-order valence-electron chi connectivity index (χ0n) is 12.4. The summed E-state index contributed by atoms with van der Waals surface area (Å²) in [6.45, 7) is 2.03. The highest BCUT2D eigenvalue weighted by Gasteiger charge is 2.13. The molecule has 2 aromatic rings. The lowest BCUT2D eigenvalue weighted by molar-refractivity contribution is -0.121. The second-order valence-corrected chi connectivity index (χ2v) is 5.45. The van der Waals surface area contributed by atoms with E-state index in [1.165, 1.54) is 6.26 Å².